The Labute approximate surface area is 160 Å². The number of esters is 1. The van der Waals surface area contributed by atoms with Crippen LogP contribution in [0, 0.1) is 5.92 Å². The maximum atomic E-state index is 12.3. The third kappa shape index (κ3) is 4.66. The van der Waals surface area contributed by atoms with Crippen LogP contribution in [0.4, 0.5) is 0 Å². The van der Waals surface area contributed by atoms with Gasteiger partial charge in [0, 0.05) is 12.0 Å². The summed E-state index contributed by atoms with van der Waals surface area (Å²) in [6.07, 6.45) is 1.62. The van der Waals surface area contributed by atoms with Crippen LogP contribution in [0.5, 0.6) is 0 Å². The van der Waals surface area contributed by atoms with Crippen molar-refractivity contribution in [3.63, 3.8) is 0 Å². The minimum absolute atomic E-state index is 0.0320. The minimum atomic E-state index is -0.382. The lowest BCUT2D eigenvalue weighted by Crippen LogP contribution is -2.42. The summed E-state index contributed by atoms with van der Waals surface area (Å²) in [5.41, 5.74) is 1.33. The molecule has 1 N–H and O–H groups in total. The van der Waals surface area contributed by atoms with Crippen LogP contribution in [0.1, 0.15) is 38.3 Å². The van der Waals surface area contributed by atoms with Gasteiger partial charge in [-0.25, -0.2) is 0 Å². The number of carbonyl (C=O) groups is 2. The monoisotopic (exact) mass is 368 g/mol. The molecule has 5 nitrogen and oxygen atoms in total. The highest BCUT2D eigenvalue weighted by Gasteiger charge is 2.28. The van der Waals surface area contributed by atoms with Gasteiger partial charge in [0.2, 0.25) is 5.91 Å². The van der Waals surface area contributed by atoms with E-state index >= 15 is 0 Å². The minimum Gasteiger partial charge on any atom is -0.465 e. The summed E-state index contributed by atoms with van der Waals surface area (Å²) < 4.78 is 4.85. The van der Waals surface area contributed by atoms with Gasteiger partial charge in [-0.2, -0.15) is 0 Å². The molecule has 1 amide bonds. The van der Waals surface area contributed by atoms with E-state index in [2.05, 4.69) is 59.6 Å². The first-order chi connectivity index (χ1) is 13.1. The topological polar surface area (TPSA) is 58.6 Å². The van der Waals surface area contributed by atoms with Gasteiger partial charge in [0.25, 0.3) is 0 Å². The maximum absolute atomic E-state index is 12.3. The van der Waals surface area contributed by atoms with Gasteiger partial charge < -0.3 is 10.1 Å². The predicted molar refractivity (Wildman–Crippen MR) is 106 cm³/mol. The zero-order valence-corrected chi connectivity index (χ0v) is 16.1. The Morgan fingerprint density at radius 1 is 1.15 bits per heavy atom. The molecule has 1 heterocycles. The third-order valence-corrected chi connectivity index (χ3v) is 5.43. The first kappa shape index (κ1) is 19.4. The molecule has 3 rings (SSSR count). The summed E-state index contributed by atoms with van der Waals surface area (Å²) in [6, 6.07) is 15.2. The summed E-state index contributed by atoms with van der Waals surface area (Å²) in [5, 5.41) is 5.26. The van der Waals surface area contributed by atoms with E-state index < -0.39 is 0 Å². The second-order valence-electron chi connectivity index (χ2n) is 7.08. The van der Waals surface area contributed by atoms with E-state index in [9.17, 15) is 9.59 Å². The molecule has 2 aromatic rings. The van der Waals surface area contributed by atoms with E-state index in [4.69, 9.17) is 4.74 Å². The number of ether oxygens (including phenoxy) is 1. The van der Waals surface area contributed by atoms with Crippen molar-refractivity contribution >= 4 is 22.6 Å². The average molecular weight is 368 g/mol. The van der Waals surface area contributed by atoms with Crippen molar-refractivity contribution in [2.24, 2.45) is 5.92 Å². The number of nitrogens with one attached hydrogen (secondary N) is 1. The molecule has 0 aromatic heterocycles. The number of piperidine rings is 1. The molecule has 0 aliphatic carbocycles. The van der Waals surface area contributed by atoms with Crippen LogP contribution in [0.15, 0.2) is 42.5 Å². The standard InChI is InChI=1S/C22H28N2O3/c1-3-27-21(25)15-23-22(26)18-11-13-24(14-12-18)16(2)19-10-6-8-17-7-4-5-9-20(17)19/h4-10,16,18H,3,11-15H2,1-2H3,(H,23,26). The Morgan fingerprint density at radius 2 is 1.85 bits per heavy atom. The molecule has 144 valence electrons. The van der Waals surface area contributed by atoms with Gasteiger partial charge >= 0.3 is 5.97 Å². The van der Waals surface area contributed by atoms with Crippen molar-refractivity contribution in [3.05, 3.63) is 48.0 Å². The quantitative estimate of drug-likeness (QED) is 0.795. The van der Waals surface area contributed by atoms with E-state index in [1.807, 2.05) is 0 Å². The zero-order valence-electron chi connectivity index (χ0n) is 16.1. The Bertz CT molecular complexity index is 792. The Kier molecular flexibility index (Phi) is 6.45. The van der Waals surface area contributed by atoms with Gasteiger partial charge in [0.15, 0.2) is 0 Å². The van der Waals surface area contributed by atoms with Crippen molar-refractivity contribution in [1.29, 1.82) is 0 Å². The summed E-state index contributed by atoms with van der Waals surface area (Å²) in [7, 11) is 0. The normalized spacial score (nSPS) is 16.8. The molecular weight excluding hydrogens is 340 g/mol. The SMILES string of the molecule is CCOC(=O)CNC(=O)C1CCN(C(C)c2cccc3ccccc23)CC1. The predicted octanol–water partition coefficient (Wildman–Crippen LogP) is 3.29. The van der Waals surface area contributed by atoms with E-state index in [1.54, 1.807) is 6.92 Å². The van der Waals surface area contributed by atoms with E-state index in [0.29, 0.717) is 12.6 Å². The molecule has 1 fully saturated rings. The molecule has 1 atom stereocenters. The number of nitrogens with zero attached hydrogens (tertiary/aromatic N) is 1. The van der Waals surface area contributed by atoms with Gasteiger partial charge in [-0.05, 0) is 56.1 Å². The molecule has 2 aromatic carbocycles. The molecular formula is C22H28N2O3. The molecule has 0 bridgehead atoms. The first-order valence-electron chi connectivity index (χ1n) is 9.75. The van der Waals surface area contributed by atoms with Gasteiger partial charge in [0.05, 0.1) is 6.61 Å². The van der Waals surface area contributed by atoms with Crippen LogP contribution in [0.25, 0.3) is 10.8 Å². The van der Waals surface area contributed by atoms with Crippen molar-refractivity contribution in [2.45, 2.75) is 32.7 Å². The molecule has 1 saturated heterocycles. The van der Waals surface area contributed by atoms with E-state index in [1.165, 1.54) is 16.3 Å². The molecule has 5 heteroatoms. The van der Waals surface area contributed by atoms with Gasteiger partial charge in [-0.3, -0.25) is 14.5 Å². The molecule has 1 unspecified atom stereocenters. The highest BCUT2D eigenvalue weighted by Crippen LogP contribution is 2.31. The highest BCUT2D eigenvalue weighted by atomic mass is 16.5. The first-order valence-corrected chi connectivity index (χ1v) is 9.75. The number of fused-ring (bicyclic) bond motifs is 1. The van der Waals surface area contributed by atoms with E-state index in [0.717, 1.165) is 25.9 Å². The van der Waals surface area contributed by atoms with Crippen LogP contribution in [-0.2, 0) is 14.3 Å². The average Bonchev–Trinajstić information content (AvgIpc) is 2.71. The lowest BCUT2D eigenvalue weighted by atomic mass is 9.92. The van der Waals surface area contributed by atoms with Gasteiger partial charge in [-0.15, -0.1) is 0 Å². The molecule has 0 radical (unpaired) electrons. The number of amides is 1. The lowest BCUT2D eigenvalue weighted by molar-refractivity contribution is -0.144. The second kappa shape index (κ2) is 9.00. The van der Waals surface area contributed by atoms with Crippen LogP contribution in [-0.4, -0.2) is 43.0 Å². The third-order valence-electron chi connectivity index (χ3n) is 5.43. The maximum Gasteiger partial charge on any atom is 0.325 e. The molecule has 27 heavy (non-hydrogen) atoms. The van der Waals surface area contributed by atoms with Crippen molar-refractivity contribution in [2.75, 3.05) is 26.2 Å². The number of likely N-dealkylation sites (tertiary alicyclic amines) is 1. The van der Waals surface area contributed by atoms with Gasteiger partial charge in [0.1, 0.15) is 6.54 Å². The Morgan fingerprint density at radius 3 is 2.59 bits per heavy atom. The molecule has 1 aliphatic heterocycles. The highest BCUT2D eigenvalue weighted by molar-refractivity contribution is 5.86. The Balaban J connectivity index is 1.57. The number of benzene rings is 2. The largest absolute Gasteiger partial charge is 0.465 e. The summed E-state index contributed by atoms with van der Waals surface area (Å²) >= 11 is 0. The van der Waals surface area contributed by atoms with Crippen LogP contribution in [0.2, 0.25) is 0 Å². The number of carbonyl (C=O) groups excluding carboxylic acids is 2. The zero-order chi connectivity index (χ0) is 19.2. The lowest BCUT2D eigenvalue weighted by Gasteiger charge is -2.36. The van der Waals surface area contributed by atoms with Crippen molar-refractivity contribution in [3.8, 4) is 0 Å². The van der Waals surface area contributed by atoms with Gasteiger partial charge in [-0.1, -0.05) is 42.5 Å². The molecule has 1 aliphatic rings. The molecule has 0 spiro atoms. The van der Waals surface area contributed by atoms with Crippen molar-refractivity contribution < 1.29 is 14.3 Å². The Hall–Kier alpha value is -2.40. The second-order valence-corrected chi connectivity index (χ2v) is 7.08. The fraction of sp³-hybridized carbons (Fsp3) is 0.455. The summed E-state index contributed by atoms with van der Waals surface area (Å²) in [4.78, 5) is 26.1. The van der Waals surface area contributed by atoms with Crippen LogP contribution >= 0.6 is 0 Å². The smallest absolute Gasteiger partial charge is 0.325 e. The number of rotatable bonds is 6. The number of hydrogen-bond acceptors (Lipinski definition) is 4. The summed E-state index contributed by atoms with van der Waals surface area (Å²) in [6.45, 7) is 6.04. The number of hydrogen-bond donors (Lipinski definition) is 1. The summed E-state index contributed by atoms with van der Waals surface area (Å²) in [5.74, 6) is -0.455. The fourth-order valence-electron chi connectivity index (χ4n) is 3.88. The fourth-order valence-corrected chi connectivity index (χ4v) is 3.88. The molecule has 0 saturated carbocycles. The van der Waals surface area contributed by atoms with Crippen molar-refractivity contribution in [1.82, 2.24) is 10.2 Å². The van der Waals surface area contributed by atoms with Crippen LogP contribution < -0.4 is 5.32 Å². The van der Waals surface area contributed by atoms with Crippen LogP contribution in [0.3, 0.4) is 0 Å². The van der Waals surface area contributed by atoms with E-state index in [-0.39, 0.29) is 24.3 Å².